The maximum atomic E-state index is 13.2. The van der Waals surface area contributed by atoms with E-state index in [4.69, 9.17) is 0 Å². The standard InChI is InChI=1S/C28H33N3O4S/c1-30(27(24-8-4-2-5-9-24)21-31-17-16-25(32)20-31)28(33)18-22-12-14-23(15-13-22)19-29-36(34,35)26-10-6-3-7-11-26/h2-15,25,27,29,32H,16-21H2,1H3. The highest BCUT2D eigenvalue weighted by atomic mass is 32.2. The van der Waals surface area contributed by atoms with Crippen LogP contribution in [0, 0.1) is 0 Å². The van der Waals surface area contributed by atoms with E-state index in [1.807, 2.05) is 61.6 Å². The normalized spacial score (nSPS) is 17.1. The molecule has 0 saturated carbocycles. The molecule has 3 aromatic rings. The molecule has 2 atom stereocenters. The first-order valence-corrected chi connectivity index (χ1v) is 13.6. The molecule has 0 aromatic heterocycles. The van der Waals surface area contributed by atoms with Gasteiger partial charge in [-0.25, -0.2) is 13.1 Å². The van der Waals surface area contributed by atoms with Crippen molar-refractivity contribution in [3.8, 4) is 0 Å². The van der Waals surface area contributed by atoms with Gasteiger partial charge in [-0.15, -0.1) is 0 Å². The average molecular weight is 508 g/mol. The van der Waals surface area contributed by atoms with Gasteiger partial charge < -0.3 is 10.0 Å². The van der Waals surface area contributed by atoms with Crippen LogP contribution >= 0.6 is 0 Å². The first kappa shape index (κ1) is 26.0. The van der Waals surface area contributed by atoms with Crippen molar-refractivity contribution in [1.82, 2.24) is 14.5 Å². The summed E-state index contributed by atoms with van der Waals surface area (Å²) in [5.74, 6) is 0.00105. The van der Waals surface area contributed by atoms with Gasteiger partial charge in [-0.2, -0.15) is 0 Å². The Kier molecular flexibility index (Phi) is 8.53. The van der Waals surface area contributed by atoms with E-state index in [1.165, 1.54) is 0 Å². The van der Waals surface area contributed by atoms with Crippen LogP contribution in [0.4, 0.5) is 0 Å². The van der Waals surface area contributed by atoms with Gasteiger partial charge in [0.05, 0.1) is 23.5 Å². The Morgan fingerprint density at radius 2 is 1.61 bits per heavy atom. The topological polar surface area (TPSA) is 90.0 Å². The molecule has 1 heterocycles. The summed E-state index contributed by atoms with van der Waals surface area (Å²) in [5, 5.41) is 9.93. The lowest BCUT2D eigenvalue weighted by Gasteiger charge is -2.32. The molecule has 0 radical (unpaired) electrons. The fraction of sp³-hybridized carbons (Fsp3) is 0.321. The van der Waals surface area contributed by atoms with E-state index in [-0.39, 0.29) is 35.9 Å². The summed E-state index contributed by atoms with van der Waals surface area (Å²) in [5.41, 5.74) is 2.74. The third kappa shape index (κ3) is 6.79. The molecule has 1 fully saturated rings. The van der Waals surface area contributed by atoms with Crippen LogP contribution in [0.3, 0.4) is 0 Å². The SMILES string of the molecule is CN(C(=O)Cc1ccc(CNS(=O)(=O)c2ccccc2)cc1)C(CN1CCC(O)C1)c1ccccc1. The molecular formula is C28H33N3O4S. The Morgan fingerprint density at radius 1 is 1.00 bits per heavy atom. The number of carbonyl (C=O) groups is 1. The molecule has 0 bridgehead atoms. The molecule has 190 valence electrons. The van der Waals surface area contributed by atoms with Crippen molar-refractivity contribution in [3.05, 3.63) is 102 Å². The summed E-state index contributed by atoms with van der Waals surface area (Å²) in [6.07, 6.45) is 0.698. The van der Waals surface area contributed by atoms with Crippen molar-refractivity contribution >= 4 is 15.9 Å². The number of hydrogen-bond acceptors (Lipinski definition) is 5. The van der Waals surface area contributed by atoms with Crippen LogP contribution < -0.4 is 4.72 Å². The van der Waals surface area contributed by atoms with Crippen molar-refractivity contribution in [2.45, 2.75) is 36.4 Å². The molecule has 4 rings (SSSR count). The van der Waals surface area contributed by atoms with Gasteiger partial charge in [0.2, 0.25) is 15.9 Å². The lowest BCUT2D eigenvalue weighted by molar-refractivity contribution is -0.131. The van der Waals surface area contributed by atoms with Gasteiger partial charge in [-0.3, -0.25) is 9.69 Å². The van der Waals surface area contributed by atoms with Crippen molar-refractivity contribution in [3.63, 3.8) is 0 Å². The smallest absolute Gasteiger partial charge is 0.240 e. The maximum absolute atomic E-state index is 13.2. The van der Waals surface area contributed by atoms with Crippen LogP contribution in [0.25, 0.3) is 0 Å². The number of sulfonamides is 1. The minimum Gasteiger partial charge on any atom is -0.392 e. The van der Waals surface area contributed by atoms with Crippen LogP contribution in [0.15, 0.2) is 89.8 Å². The second kappa shape index (κ2) is 11.8. The van der Waals surface area contributed by atoms with E-state index in [0.717, 1.165) is 29.7 Å². The van der Waals surface area contributed by atoms with Crippen LogP contribution in [0.1, 0.15) is 29.2 Å². The van der Waals surface area contributed by atoms with E-state index in [1.54, 1.807) is 35.2 Å². The highest BCUT2D eigenvalue weighted by Gasteiger charge is 2.28. The molecule has 3 aromatic carbocycles. The maximum Gasteiger partial charge on any atom is 0.240 e. The summed E-state index contributed by atoms with van der Waals surface area (Å²) in [7, 11) is -1.75. The number of β-amino-alcohol motifs (C(OH)–C–C–N with tert-alkyl or cyclic N) is 1. The number of nitrogens with zero attached hydrogens (tertiary/aromatic N) is 2. The Bertz CT molecular complexity index is 1230. The third-order valence-corrected chi connectivity index (χ3v) is 8.04. The fourth-order valence-corrected chi connectivity index (χ4v) is 5.50. The number of amides is 1. The van der Waals surface area contributed by atoms with E-state index in [2.05, 4.69) is 9.62 Å². The number of nitrogens with one attached hydrogen (secondary N) is 1. The zero-order valence-corrected chi connectivity index (χ0v) is 21.3. The fourth-order valence-electron chi connectivity index (χ4n) is 4.46. The zero-order valence-electron chi connectivity index (χ0n) is 20.5. The number of aliphatic hydroxyl groups is 1. The van der Waals surface area contributed by atoms with Crippen LogP contribution in [-0.2, 0) is 27.8 Å². The quantitative estimate of drug-likeness (QED) is 0.440. The number of benzene rings is 3. The van der Waals surface area contributed by atoms with Gasteiger partial charge in [0, 0.05) is 33.2 Å². The highest BCUT2D eigenvalue weighted by molar-refractivity contribution is 7.89. The lowest BCUT2D eigenvalue weighted by Crippen LogP contribution is -2.39. The van der Waals surface area contributed by atoms with Crippen LogP contribution in [0.2, 0.25) is 0 Å². The molecule has 7 nitrogen and oxygen atoms in total. The van der Waals surface area contributed by atoms with Gasteiger partial charge in [0.15, 0.2) is 0 Å². The minimum atomic E-state index is -3.58. The molecular weight excluding hydrogens is 474 g/mol. The number of hydrogen-bond donors (Lipinski definition) is 2. The zero-order chi connectivity index (χ0) is 25.5. The molecule has 2 N–H and O–H groups in total. The van der Waals surface area contributed by atoms with E-state index in [9.17, 15) is 18.3 Å². The average Bonchev–Trinajstić information content (AvgIpc) is 3.32. The lowest BCUT2D eigenvalue weighted by atomic mass is 10.0. The van der Waals surface area contributed by atoms with Gasteiger partial charge in [-0.1, -0.05) is 72.8 Å². The van der Waals surface area contributed by atoms with Crippen molar-refractivity contribution in [2.75, 3.05) is 26.7 Å². The summed E-state index contributed by atoms with van der Waals surface area (Å²) < 4.78 is 27.5. The Hall–Kier alpha value is -3.04. The first-order chi connectivity index (χ1) is 17.3. The first-order valence-electron chi connectivity index (χ1n) is 12.2. The summed E-state index contributed by atoms with van der Waals surface area (Å²) >= 11 is 0. The van der Waals surface area contributed by atoms with Crippen LogP contribution in [-0.4, -0.2) is 62.0 Å². The molecule has 8 heteroatoms. The Morgan fingerprint density at radius 3 is 2.22 bits per heavy atom. The summed E-state index contributed by atoms with van der Waals surface area (Å²) in [6, 6.07) is 25.6. The van der Waals surface area contributed by atoms with Crippen molar-refractivity contribution < 1.29 is 18.3 Å². The molecule has 1 saturated heterocycles. The number of likely N-dealkylation sites (tertiary alicyclic amines) is 1. The van der Waals surface area contributed by atoms with Crippen LogP contribution in [0.5, 0.6) is 0 Å². The second-order valence-electron chi connectivity index (χ2n) is 9.26. The molecule has 1 aliphatic heterocycles. The molecule has 0 spiro atoms. The third-order valence-electron chi connectivity index (χ3n) is 6.62. The largest absolute Gasteiger partial charge is 0.392 e. The molecule has 0 aliphatic carbocycles. The summed E-state index contributed by atoms with van der Waals surface area (Å²) in [6.45, 7) is 2.29. The highest BCUT2D eigenvalue weighted by Crippen LogP contribution is 2.24. The van der Waals surface area contributed by atoms with Crippen molar-refractivity contribution in [1.29, 1.82) is 0 Å². The van der Waals surface area contributed by atoms with E-state index < -0.39 is 10.0 Å². The van der Waals surface area contributed by atoms with E-state index >= 15 is 0 Å². The number of carbonyl (C=O) groups excluding carboxylic acids is 1. The predicted octanol–water partition coefficient (Wildman–Crippen LogP) is 2.97. The second-order valence-corrected chi connectivity index (χ2v) is 11.0. The van der Waals surface area contributed by atoms with Crippen molar-refractivity contribution in [2.24, 2.45) is 0 Å². The van der Waals surface area contributed by atoms with E-state index in [0.29, 0.717) is 13.1 Å². The number of rotatable bonds is 10. The van der Waals surface area contributed by atoms with Gasteiger partial charge in [0.1, 0.15) is 0 Å². The molecule has 2 unspecified atom stereocenters. The van der Waals surface area contributed by atoms with Gasteiger partial charge >= 0.3 is 0 Å². The minimum absolute atomic E-state index is 0.00105. The molecule has 36 heavy (non-hydrogen) atoms. The summed E-state index contributed by atoms with van der Waals surface area (Å²) in [4.78, 5) is 17.5. The Labute approximate surface area is 213 Å². The monoisotopic (exact) mass is 507 g/mol. The number of aliphatic hydroxyl groups excluding tert-OH is 1. The number of likely N-dealkylation sites (N-methyl/N-ethyl adjacent to an activating group) is 1. The molecule has 1 aliphatic rings. The Balaban J connectivity index is 1.38. The van der Waals surface area contributed by atoms with Gasteiger partial charge in [0.25, 0.3) is 0 Å². The predicted molar refractivity (Wildman–Crippen MR) is 140 cm³/mol. The molecule has 1 amide bonds. The van der Waals surface area contributed by atoms with Gasteiger partial charge in [-0.05, 0) is 35.2 Å².